The maximum Gasteiger partial charge on any atom is 0.304 e. The van der Waals surface area contributed by atoms with Gasteiger partial charge in [-0.3, -0.25) is 9.69 Å². The molecular formula is C16H31NO2. The fourth-order valence-corrected chi connectivity index (χ4v) is 3.44. The van der Waals surface area contributed by atoms with E-state index in [4.69, 9.17) is 5.11 Å². The van der Waals surface area contributed by atoms with Crippen LogP contribution in [-0.4, -0.2) is 34.1 Å². The standard InChI is InChI=1S/C16H31NO2/c1-5-6-13-7-9-14(10-8-13)17(16(2,3)4)12-11-15(18)19/h13-14H,5-12H2,1-4H3,(H,18,19). The largest absolute Gasteiger partial charge is 0.481 e. The van der Waals surface area contributed by atoms with Crippen molar-refractivity contribution in [1.29, 1.82) is 0 Å². The molecule has 1 aliphatic rings. The highest BCUT2D eigenvalue weighted by molar-refractivity contribution is 5.66. The van der Waals surface area contributed by atoms with Gasteiger partial charge in [0.2, 0.25) is 0 Å². The Kier molecular flexibility index (Phi) is 6.31. The van der Waals surface area contributed by atoms with E-state index < -0.39 is 5.97 Å². The van der Waals surface area contributed by atoms with Crippen LogP contribution in [0.4, 0.5) is 0 Å². The number of carboxylic acid groups (broad SMARTS) is 1. The van der Waals surface area contributed by atoms with Crippen LogP contribution in [-0.2, 0) is 4.79 Å². The van der Waals surface area contributed by atoms with Crippen molar-refractivity contribution in [3.63, 3.8) is 0 Å². The minimum Gasteiger partial charge on any atom is -0.481 e. The van der Waals surface area contributed by atoms with Crippen LogP contribution in [0.15, 0.2) is 0 Å². The van der Waals surface area contributed by atoms with Gasteiger partial charge in [0.15, 0.2) is 0 Å². The fourth-order valence-electron chi connectivity index (χ4n) is 3.44. The van der Waals surface area contributed by atoms with Crippen LogP contribution in [0.3, 0.4) is 0 Å². The average molecular weight is 269 g/mol. The van der Waals surface area contributed by atoms with E-state index in [2.05, 4.69) is 32.6 Å². The number of aliphatic carboxylic acids is 1. The van der Waals surface area contributed by atoms with Crippen LogP contribution in [0.1, 0.15) is 72.6 Å². The summed E-state index contributed by atoms with van der Waals surface area (Å²) in [6.45, 7) is 9.55. The van der Waals surface area contributed by atoms with Crippen molar-refractivity contribution < 1.29 is 9.90 Å². The van der Waals surface area contributed by atoms with E-state index in [9.17, 15) is 4.79 Å². The Bertz CT molecular complexity index is 275. The number of carbonyl (C=O) groups is 1. The van der Waals surface area contributed by atoms with E-state index in [-0.39, 0.29) is 12.0 Å². The molecule has 112 valence electrons. The molecule has 0 aromatic carbocycles. The molecule has 0 heterocycles. The molecule has 0 bridgehead atoms. The highest BCUT2D eigenvalue weighted by Crippen LogP contribution is 2.33. The van der Waals surface area contributed by atoms with Gasteiger partial charge in [0, 0.05) is 18.1 Å². The van der Waals surface area contributed by atoms with Crippen LogP contribution < -0.4 is 0 Å². The number of rotatable bonds is 6. The topological polar surface area (TPSA) is 40.5 Å². The van der Waals surface area contributed by atoms with Crippen molar-refractivity contribution in [2.75, 3.05) is 6.54 Å². The van der Waals surface area contributed by atoms with Crippen molar-refractivity contribution in [2.24, 2.45) is 5.92 Å². The van der Waals surface area contributed by atoms with Crippen molar-refractivity contribution >= 4 is 5.97 Å². The number of hydrogen-bond acceptors (Lipinski definition) is 2. The second-order valence-electron chi connectivity index (χ2n) is 6.97. The van der Waals surface area contributed by atoms with Gasteiger partial charge in [0.25, 0.3) is 0 Å². The molecule has 1 fully saturated rings. The number of hydrogen-bond donors (Lipinski definition) is 1. The molecule has 0 saturated heterocycles. The summed E-state index contributed by atoms with van der Waals surface area (Å²) in [5.41, 5.74) is 0.0672. The van der Waals surface area contributed by atoms with Crippen molar-refractivity contribution in [2.45, 2.75) is 84.2 Å². The van der Waals surface area contributed by atoms with Gasteiger partial charge in [-0.25, -0.2) is 0 Å². The van der Waals surface area contributed by atoms with Crippen molar-refractivity contribution in [1.82, 2.24) is 4.90 Å². The molecule has 0 unspecified atom stereocenters. The molecule has 0 atom stereocenters. The summed E-state index contributed by atoms with van der Waals surface area (Å²) >= 11 is 0. The monoisotopic (exact) mass is 269 g/mol. The molecule has 1 N–H and O–H groups in total. The fraction of sp³-hybridized carbons (Fsp3) is 0.938. The van der Waals surface area contributed by atoms with Crippen LogP contribution in [0, 0.1) is 5.92 Å². The lowest BCUT2D eigenvalue weighted by atomic mass is 9.81. The van der Waals surface area contributed by atoms with Crippen LogP contribution >= 0.6 is 0 Å². The molecular weight excluding hydrogens is 238 g/mol. The zero-order valence-corrected chi connectivity index (χ0v) is 13.1. The Labute approximate surface area is 118 Å². The van der Waals surface area contributed by atoms with Crippen molar-refractivity contribution in [3.8, 4) is 0 Å². The third kappa shape index (κ3) is 5.52. The van der Waals surface area contributed by atoms with Gasteiger partial charge >= 0.3 is 5.97 Å². The summed E-state index contributed by atoms with van der Waals surface area (Å²) in [5.74, 6) is 0.219. The summed E-state index contributed by atoms with van der Waals surface area (Å²) in [4.78, 5) is 13.2. The van der Waals surface area contributed by atoms with Gasteiger partial charge in [-0.05, 0) is 52.4 Å². The van der Waals surface area contributed by atoms with E-state index >= 15 is 0 Å². The van der Waals surface area contributed by atoms with Gasteiger partial charge in [0.05, 0.1) is 6.42 Å². The summed E-state index contributed by atoms with van der Waals surface area (Å²) in [7, 11) is 0. The van der Waals surface area contributed by atoms with Gasteiger partial charge in [0.1, 0.15) is 0 Å². The summed E-state index contributed by atoms with van der Waals surface area (Å²) in [5, 5.41) is 8.91. The van der Waals surface area contributed by atoms with E-state index in [1.54, 1.807) is 0 Å². The lowest BCUT2D eigenvalue weighted by Gasteiger charge is -2.44. The first kappa shape index (κ1) is 16.5. The molecule has 3 nitrogen and oxygen atoms in total. The zero-order chi connectivity index (χ0) is 14.5. The number of carboxylic acids is 1. The van der Waals surface area contributed by atoms with E-state index in [0.29, 0.717) is 12.6 Å². The SMILES string of the molecule is CCCC1CCC(N(CCC(=O)O)C(C)(C)C)CC1. The molecule has 0 spiro atoms. The first-order chi connectivity index (χ1) is 8.84. The lowest BCUT2D eigenvalue weighted by molar-refractivity contribution is -0.137. The lowest BCUT2D eigenvalue weighted by Crippen LogP contribution is -2.50. The predicted molar refractivity (Wildman–Crippen MR) is 79.4 cm³/mol. The van der Waals surface area contributed by atoms with E-state index in [0.717, 1.165) is 5.92 Å². The predicted octanol–water partition coefficient (Wildman–Crippen LogP) is 3.92. The van der Waals surface area contributed by atoms with Crippen LogP contribution in [0.2, 0.25) is 0 Å². The molecule has 3 heteroatoms. The Hall–Kier alpha value is -0.570. The normalized spacial score (nSPS) is 24.7. The van der Waals surface area contributed by atoms with E-state index in [1.807, 2.05) is 0 Å². The molecule has 0 amide bonds. The highest BCUT2D eigenvalue weighted by atomic mass is 16.4. The van der Waals surface area contributed by atoms with Gasteiger partial charge in [-0.15, -0.1) is 0 Å². The molecule has 0 aromatic heterocycles. The highest BCUT2D eigenvalue weighted by Gasteiger charge is 2.31. The molecule has 1 aliphatic carbocycles. The van der Waals surface area contributed by atoms with Gasteiger partial charge in [-0.1, -0.05) is 19.8 Å². The second-order valence-corrected chi connectivity index (χ2v) is 6.97. The maximum atomic E-state index is 10.8. The van der Waals surface area contributed by atoms with Crippen LogP contribution in [0.5, 0.6) is 0 Å². The third-order valence-corrected chi connectivity index (χ3v) is 4.38. The Morgan fingerprint density at radius 2 is 1.79 bits per heavy atom. The van der Waals surface area contributed by atoms with Crippen LogP contribution in [0.25, 0.3) is 0 Å². The van der Waals surface area contributed by atoms with Gasteiger partial charge < -0.3 is 5.11 Å². The first-order valence-corrected chi connectivity index (χ1v) is 7.83. The average Bonchev–Trinajstić information content (AvgIpc) is 2.29. The maximum absolute atomic E-state index is 10.8. The number of nitrogens with zero attached hydrogens (tertiary/aromatic N) is 1. The smallest absolute Gasteiger partial charge is 0.304 e. The minimum atomic E-state index is -0.686. The molecule has 0 radical (unpaired) electrons. The van der Waals surface area contributed by atoms with E-state index in [1.165, 1.54) is 38.5 Å². The second kappa shape index (κ2) is 7.28. The zero-order valence-electron chi connectivity index (χ0n) is 13.1. The molecule has 19 heavy (non-hydrogen) atoms. The Morgan fingerprint density at radius 3 is 2.21 bits per heavy atom. The van der Waals surface area contributed by atoms with Crippen molar-refractivity contribution in [3.05, 3.63) is 0 Å². The molecule has 1 saturated carbocycles. The van der Waals surface area contributed by atoms with Gasteiger partial charge in [-0.2, -0.15) is 0 Å². The molecule has 0 aliphatic heterocycles. The third-order valence-electron chi connectivity index (χ3n) is 4.38. The Morgan fingerprint density at radius 1 is 1.21 bits per heavy atom. The molecule has 0 aromatic rings. The minimum absolute atomic E-state index is 0.0672. The molecule has 1 rings (SSSR count). The quantitative estimate of drug-likeness (QED) is 0.794. The summed E-state index contributed by atoms with van der Waals surface area (Å²) in [6.07, 6.45) is 8.01. The first-order valence-electron chi connectivity index (χ1n) is 7.83. The summed E-state index contributed by atoms with van der Waals surface area (Å²) in [6, 6.07) is 0.576. The summed E-state index contributed by atoms with van der Waals surface area (Å²) < 4.78 is 0. The Balaban J connectivity index is 2.55.